The molecule has 90 valence electrons. The van der Waals surface area contributed by atoms with E-state index in [-0.39, 0.29) is 6.42 Å². The average Bonchev–Trinajstić information content (AvgIpc) is 2.46. The van der Waals surface area contributed by atoms with Crippen LogP contribution in [0.25, 0.3) is 0 Å². The fourth-order valence-electron chi connectivity index (χ4n) is 1.34. The van der Waals surface area contributed by atoms with Crippen LogP contribution in [0.4, 0.5) is 0 Å². The van der Waals surface area contributed by atoms with Gasteiger partial charge >= 0.3 is 5.97 Å². The van der Waals surface area contributed by atoms with Crippen molar-refractivity contribution >= 4 is 17.3 Å². The van der Waals surface area contributed by atoms with Gasteiger partial charge < -0.3 is 10.0 Å². The summed E-state index contributed by atoms with van der Waals surface area (Å²) in [6.07, 6.45) is 0.0202. The molecule has 4 nitrogen and oxygen atoms in total. The fraction of sp³-hybridized carbons (Fsp3) is 0.636. The van der Waals surface area contributed by atoms with Crippen LogP contribution in [0, 0.1) is 0 Å². The van der Waals surface area contributed by atoms with Gasteiger partial charge in [-0.05, 0) is 14.1 Å². The number of aromatic nitrogens is 1. The number of hydrogen-bond acceptors (Lipinski definition) is 4. The van der Waals surface area contributed by atoms with Gasteiger partial charge in [-0.3, -0.25) is 4.79 Å². The number of rotatable bonds is 5. The summed E-state index contributed by atoms with van der Waals surface area (Å²) in [5.41, 5.74) is 0.718. The molecule has 16 heavy (non-hydrogen) atoms. The van der Waals surface area contributed by atoms with Crippen LogP contribution in [0.15, 0.2) is 0 Å². The second-order valence-corrected chi connectivity index (χ2v) is 5.50. The third-order valence-electron chi connectivity index (χ3n) is 2.07. The minimum Gasteiger partial charge on any atom is -0.481 e. The molecule has 0 spiro atoms. The maximum absolute atomic E-state index is 10.7. The van der Waals surface area contributed by atoms with Gasteiger partial charge in [0.15, 0.2) is 0 Å². The highest BCUT2D eigenvalue weighted by molar-refractivity contribution is 7.11. The van der Waals surface area contributed by atoms with Crippen molar-refractivity contribution < 1.29 is 9.90 Å². The zero-order valence-electron chi connectivity index (χ0n) is 10.1. The van der Waals surface area contributed by atoms with E-state index in [0.717, 1.165) is 22.1 Å². The fourth-order valence-corrected chi connectivity index (χ4v) is 2.54. The third-order valence-corrected chi connectivity index (χ3v) is 3.45. The van der Waals surface area contributed by atoms with Crippen molar-refractivity contribution in [2.45, 2.75) is 32.7 Å². The van der Waals surface area contributed by atoms with Crippen LogP contribution in [0.2, 0.25) is 0 Å². The zero-order chi connectivity index (χ0) is 12.3. The maximum Gasteiger partial charge on any atom is 0.309 e. The average molecular weight is 242 g/mol. The number of carboxylic acid groups (broad SMARTS) is 1. The molecule has 0 aromatic carbocycles. The highest BCUT2D eigenvalue weighted by atomic mass is 32.1. The van der Waals surface area contributed by atoms with Crippen LogP contribution >= 0.6 is 11.3 Å². The Hall–Kier alpha value is -0.940. The first-order valence-corrected chi connectivity index (χ1v) is 6.06. The van der Waals surface area contributed by atoms with Crippen molar-refractivity contribution in [2.24, 2.45) is 0 Å². The quantitative estimate of drug-likeness (QED) is 0.857. The number of hydrogen-bond donors (Lipinski definition) is 1. The van der Waals surface area contributed by atoms with E-state index in [4.69, 9.17) is 5.11 Å². The summed E-state index contributed by atoms with van der Waals surface area (Å²) < 4.78 is 0. The SMILES string of the molecule is CC(C)c1nc(CC(=O)O)c(CN(C)C)s1. The summed E-state index contributed by atoms with van der Waals surface area (Å²) in [4.78, 5) is 18.2. The highest BCUT2D eigenvalue weighted by Crippen LogP contribution is 2.26. The van der Waals surface area contributed by atoms with Gasteiger partial charge in [0, 0.05) is 17.3 Å². The van der Waals surface area contributed by atoms with E-state index in [1.54, 1.807) is 11.3 Å². The molecule has 0 fully saturated rings. The highest BCUT2D eigenvalue weighted by Gasteiger charge is 2.16. The molecule has 0 atom stereocenters. The number of nitrogens with zero attached hydrogens (tertiary/aromatic N) is 2. The molecule has 0 radical (unpaired) electrons. The molecule has 1 N–H and O–H groups in total. The summed E-state index contributed by atoms with van der Waals surface area (Å²) in [5, 5.41) is 9.85. The van der Waals surface area contributed by atoms with Gasteiger partial charge in [0.1, 0.15) is 0 Å². The number of thiazole rings is 1. The molecule has 0 saturated heterocycles. The van der Waals surface area contributed by atoms with Gasteiger partial charge in [-0.2, -0.15) is 0 Å². The molecule has 0 aliphatic heterocycles. The maximum atomic E-state index is 10.7. The number of carboxylic acids is 1. The van der Waals surface area contributed by atoms with Gasteiger partial charge in [0.05, 0.1) is 17.1 Å². The second kappa shape index (κ2) is 5.41. The predicted octanol–water partition coefficient (Wildman–Crippen LogP) is 1.96. The summed E-state index contributed by atoms with van der Waals surface area (Å²) in [7, 11) is 3.94. The van der Waals surface area contributed by atoms with Crippen molar-refractivity contribution in [2.75, 3.05) is 14.1 Å². The van der Waals surface area contributed by atoms with Crippen LogP contribution in [0.1, 0.15) is 35.3 Å². The van der Waals surface area contributed by atoms with Crippen molar-refractivity contribution in [3.63, 3.8) is 0 Å². The second-order valence-electron chi connectivity index (χ2n) is 4.38. The Morgan fingerprint density at radius 2 is 2.12 bits per heavy atom. The van der Waals surface area contributed by atoms with Crippen molar-refractivity contribution in [3.8, 4) is 0 Å². The Balaban J connectivity index is 2.97. The van der Waals surface area contributed by atoms with Gasteiger partial charge in [-0.25, -0.2) is 4.98 Å². The molecule has 1 heterocycles. The number of carbonyl (C=O) groups is 1. The Morgan fingerprint density at radius 1 is 1.50 bits per heavy atom. The first kappa shape index (κ1) is 13.1. The van der Waals surface area contributed by atoms with Crippen LogP contribution < -0.4 is 0 Å². The molecular formula is C11H18N2O2S. The topological polar surface area (TPSA) is 53.4 Å². The molecule has 0 bridgehead atoms. The lowest BCUT2D eigenvalue weighted by molar-refractivity contribution is -0.136. The molecule has 5 heteroatoms. The predicted molar refractivity (Wildman–Crippen MR) is 64.9 cm³/mol. The summed E-state index contributed by atoms with van der Waals surface area (Å²) >= 11 is 1.62. The third kappa shape index (κ3) is 3.57. The van der Waals surface area contributed by atoms with Gasteiger partial charge in [0.25, 0.3) is 0 Å². The van der Waals surface area contributed by atoms with Crippen LogP contribution in [0.5, 0.6) is 0 Å². The van der Waals surface area contributed by atoms with Crippen LogP contribution in [0.3, 0.4) is 0 Å². The largest absolute Gasteiger partial charge is 0.481 e. The van der Waals surface area contributed by atoms with Crippen LogP contribution in [-0.4, -0.2) is 35.1 Å². The van der Waals surface area contributed by atoms with Crippen molar-refractivity contribution in [1.82, 2.24) is 9.88 Å². The summed E-state index contributed by atoms with van der Waals surface area (Å²) in [6, 6.07) is 0. The lowest BCUT2D eigenvalue weighted by Gasteiger charge is -2.07. The van der Waals surface area contributed by atoms with Crippen molar-refractivity contribution in [3.05, 3.63) is 15.6 Å². The lowest BCUT2D eigenvalue weighted by atomic mass is 10.2. The molecule has 1 rings (SSSR count). The summed E-state index contributed by atoms with van der Waals surface area (Å²) in [6.45, 7) is 4.90. The monoisotopic (exact) mass is 242 g/mol. The minimum absolute atomic E-state index is 0.0202. The molecule has 0 aliphatic carbocycles. The molecule has 0 amide bonds. The molecule has 1 aromatic rings. The van der Waals surface area contributed by atoms with E-state index in [9.17, 15) is 4.79 Å². The minimum atomic E-state index is -0.819. The van der Waals surface area contributed by atoms with Gasteiger partial charge in [-0.15, -0.1) is 11.3 Å². The van der Waals surface area contributed by atoms with E-state index < -0.39 is 5.97 Å². The molecule has 0 saturated carbocycles. The smallest absolute Gasteiger partial charge is 0.309 e. The van der Waals surface area contributed by atoms with Crippen molar-refractivity contribution in [1.29, 1.82) is 0 Å². The first-order valence-electron chi connectivity index (χ1n) is 5.25. The standard InChI is InChI=1S/C11H18N2O2S/c1-7(2)11-12-8(5-10(14)15)9(16-11)6-13(3)4/h7H,5-6H2,1-4H3,(H,14,15). The Bertz CT molecular complexity index is 372. The Morgan fingerprint density at radius 3 is 2.56 bits per heavy atom. The van der Waals surface area contributed by atoms with E-state index in [1.165, 1.54) is 0 Å². The Labute approximate surface area is 99.9 Å². The number of aliphatic carboxylic acids is 1. The normalized spacial score (nSPS) is 11.4. The van der Waals surface area contributed by atoms with E-state index in [0.29, 0.717) is 5.92 Å². The van der Waals surface area contributed by atoms with E-state index in [2.05, 4.69) is 18.8 Å². The summed E-state index contributed by atoms with van der Waals surface area (Å²) in [5.74, 6) is -0.464. The molecule has 0 unspecified atom stereocenters. The van der Waals surface area contributed by atoms with E-state index >= 15 is 0 Å². The van der Waals surface area contributed by atoms with Gasteiger partial charge in [0.2, 0.25) is 0 Å². The van der Waals surface area contributed by atoms with Crippen LogP contribution in [-0.2, 0) is 17.8 Å². The molecule has 1 aromatic heterocycles. The first-order chi connectivity index (χ1) is 7.40. The molecule has 0 aliphatic rings. The van der Waals surface area contributed by atoms with E-state index in [1.807, 2.05) is 19.0 Å². The lowest BCUT2D eigenvalue weighted by Crippen LogP contribution is -2.12. The molecular weight excluding hydrogens is 224 g/mol. The Kier molecular flexibility index (Phi) is 4.44. The van der Waals surface area contributed by atoms with Gasteiger partial charge in [-0.1, -0.05) is 13.8 Å². The zero-order valence-corrected chi connectivity index (χ0v) is 11.0.